The van der Waals surface area contributed by atoms with E-state index in [-0.39, 0.29) is 11.9 Å². The van der Waals surface area contributed by atoms with Crippen molar-refractivity contribution in [3.63, 3.8) is 0 Å². The van der Waals surface area contributed by atoms with Crippen molar-refractivity contribution < 1.29 is 9.53 Å². The number of rotatable bonds is 3. The van der Waals surface area contributed by atoms with Crippen LogP contribution in [0.5, 0.6) is 0 Å². The Morgan fingerprint density at radius 3 is 3.06 bits per heavy atom. The zero-order valence-corrected chi connectivity index (χ0v) is 10.5. The third-order valence-electron chi connectivity index (χ3n) is 3.04. The Hall–Kier alpha value is -1.85. The fourth-order valence-corrected chi connectivity index (χ4v) is 2.14. The smallest absolute Gasteiger partial charge is 0.310 e. The molecule has 1 fully saturated rings. The van der Waals surface area contributed by atoms with Crippen molar-refractivity contribution in [1.82, 2.24) is 10.2 Å². The molecule has 1 saturated heterocycles. The summed E-state index contributed by atoms with van der Waals surface area (Å²) < 4.78 is 5.06. The normalized spacial score (nSPS) is 19.6. The minimum Gasteiger partial charge on any atom is -0.466 e. The van der Waals surface area contributed by atoms with Gasteiger partial charge < -0.3 is 15.4 Å². The molecule has 2 N–H and O–H groups in total. The summed E-state index contributed by atoms with van der Waals surface area (Å²) >= 11 is 0. The number of piperidine rings is 1. The number of carbonyl (C=O) groups is 1. The molecular weight excluding hydrogens is 232 g/mol. The molecule has 0 saturated carbocycles. The van der Waals surface area contributed by atoms with E-state index in [1.165, 1.54) is 0 Å². The second kappa shape index (κ2) is 5.66. The number of hydrogen-bond donors (Lipinski definition) is 1. The lowest BCUT2D eigenvalue weighted by molar-refractivity contribution is -0.148. The molecule has 0 spiro atoms. The molecule has 1 aromatic rings. The Balaban J connectivity index is 2.02. The Bertz CT molecular complexity index is 407. The zero-order valence-electron chi connectivity index (χ0n) is 10.5. The molecule has 1 aliphatic heterocycles. The largest absolute Gasteiger partial charge is 0.466 e. The van der Waals surface area contributed by atoms with Gasteiger partial charge in [0.25, 0.3) is 0 Å². The second-order valence-electron chi connectivity index (χ2n) is 4.35. The van der Waals surface area contributed by atoms with Crippen molar-refractivity contribution in [2.75, 3.05) is 30.3 Å². The molecule has 0 aromatic carbocycles. The van der Waals surface area contributed by atoms with E-state index in [0.717, 1.165) is 25.2 Å². The highest BCUT2D eigenvalue weighted by Crippen LogP contribution is 2.22. The van der Waals surface area contributed by atoms with Gasteiger partial charge in [-0.2, -0.15) is 0 Å². The Morgan fingerprint density at radius 1 is 1.56 bits per heavy atom. The minimum absolute atomic E-state index is 0.0712. The summed E-state index contributed by atoms with van der Waals surface area (Å²) in [5, 5.41) is 7.87. The first-order valence-electron chi connectivity index (χ1n) is 6.21. The Morgan fingerprint density at radius 2 is 2.39 bits per heavy atom. The predicted molar refractivity (Wildman–Crippen MR) is 68.0 cm³/mol. The van der Waals surface area contributed by atoms with Crippen molar-refractivity contribution in [2.45, 2.75) is 19.8 Å². The lowest BCUT2D eigenvalue weighted by Gasteiger charge is -2.31. The minimum atomic E-state index is -0.120. The number of aromatic nitrogens is 2. The van der Waals surface area contributed by atoms with E-state index in [1.807, 2.05) is 13.0 Å². The van der Waals surface area contributed by atoms with Crippen LogP contribution >= 0.6 is 0 Å². The van der Waals surface area contributed by atoms with Crippen molar-refractivity contribution in [2.24, 2.45) is 5.92 Å². The molecule has 98 valence electrons. The summed E-state index contributed by atoms with van der Waals surface area (Å²) in [6.45, 7) is 3.77. The SMILES string of the molecule is CCOC(=O)C1CCCN(c2ccc(N)nn2)C1. The number of nitrogen functional groups attached to an aromatic ring is 1. The van der Waals surface area contributed by atoms with Crippen molar-refractivity contribution >= 4 is 17.6 Å². The molecule has 1 aliphatic rings. The molecule has 6 heteroatoms. The number of esters is 1. The van der Waals surface area contributed by atoms with Gasteiger partial charge in [0, 0.05) is 13.1 Å². The van der Waals surface area contributed by atoms with Crippen molar-refractivity contribution in [3.05, 3.63) is 12.1 Å². The third kappa shape index (κ3) is 2.88. The van der Waals surface area contributed by atoms with Gasteiger partial charge in [-0.05, 0) is 31.9 Å². The molecule has 0 amide bonds. The highest BCUT2D eigenvalue weighted by atomic mass is 16.5. The number of anilines is 2. The summed E-state index contributed by atoms with van der Waals surface area (Å²) in [5.74, 6) is 0.972. The number of ether oxygens (including phenoxy) is 1. The van der Waals surface area contributed by atoms with Gasteiger partial charge in [0.1, 0.15) is 5.82 Å². The van der Waals surface area contributed by atoms with Crippen LogP contribution in [0.25, 0.3) is 0 Å². The number of nitrogens with zero attached hydrogens (tertiary/aromatic N) is 3. The highest BCUT2D eigenvalue weighted by molar-refractivity contribution is 5.73. The molecule has 2 heterocycles. The highest BCUT2D eigenvalue weighted by Gasteiger charge is 2.27. The van der Waals surface area contributed by atoms with E-state index in [0.29, 0.717) is 19.0 Å². The Kier molecular flexibility index (Phi) is 3.96. The van der Waals surface area contributed by atoms with E-state index in [1.54, 1.807) is 6.07 Å². The van der Waals surface area contributed by atoms with Gasteiger partial charge in [-0.3, -0.25) is 4.79 Å². The molecule has 1 atom stereocenters. The quantitative estimate of drug-likeness (QED) is 0.800. The van der Waals surface area contributed by atoms with Crippen LogP contribution in [-0.4, -0.2) is 35.9 Å². The van der Waals surface area contributed by atoms with E-state index in [4.69, 9.17) is 10.5 Å². The van der Waals surface area contributed by atoms with Crippen LogP contribution in [0.2, 0.25) is 0 Å². The summed E-state index contributed by atoms with van der Waals surface area (Å²) in [5.41, 5.74) is 5.51. The maximum Gasteiger partial charge on any atom is 0.310 e. The van der Waals surface area contributed by atoms with Crippen LogP contribution in [-0.2, 0) is 9.53 Å². The third-order valence-corrected chi connectivity index (χ3v) is 3.04. The zero-order chi connectivity index (χ0) is 13.0. The average molecular weight is 250 g/mol. The van der Waals surface area contributed by atoms with Gasteiger partial charge >= 0.3 is 5.97 Å². The molecule has 0 aliphatic carbocycles. The summed E-state index contributed by atoms with van der Waals surface area (Å²) in [7, 11) is 0. The van der Waals surface area contributed by atoms with Gasteiger partial charge in [-0.1, -0.05) is 0 Å². The monoisotopic (exact) mass is 250 g/mol. The van der Waals surface area contributed by atoms with Gasteiger partial charge in [0.2, 0.25) is 0 Å². The molecule has 6 nitrogen and oxygen atoms in total. The predicted octanol–water partition coefficient (Wildman–Crippen LogP) is 0.838. The van der Waals surface area contributed by atoms with Gasteiger partial charge in [-0.15, -0.1) is 10.2 Å². The fourth-order valence-electron chi connectivity index (χ4n) is 2.14. The van der Waals surface area contributed by atoms with E-state index in [2.05, 4.69) is 15.1 Å². The topological polar surface area (TPSA) is 81.3 Å². The first-order chi connectivity index (χ1) is 8.70. The molecule has 18 heavy (non-hydrogen) atoms. The van der Waals surface area contributed by atoms with Crippen molar-refractivity contribution in [3.8, 4) is 0 Å². The lowest BCUT2D eigenvalue weighted by Crippen LogP contribution is -2.39. The van der Waals surface area contributed by atoms with Gasteiger partial charge in [0.15, 0.2) is 5.82 Å². The molecule has 1 aromatic heterocycles. The number of carbonyl (C=O) groups excluding carboxylic acids is 1. The number of hydrogen-bond acceptors (Lipinski definition) is 6. The molecule has 1 unspecified atom stereocenters. The van der Waals surface area contributed by atoms with Crippen molar-refractivity contribution in [1.29, 1.82) is 0 Å². The maximum atomic E-state index is 11.7. The van der Waals surface area contributed by atoms with Crippen LogP contribution in [0, 0.1) is 5.92 Å². The van der Waals surface area contributed by atoms with Crippen LogP contribution in [0.3, 0.4) is 0 Å². The molecular formula is C12H18N4O2. The van der Waals surface area contributed by atoms with Crippen LogP contribution < -0.4 is 10.6 Å². The van der Waals surface area contributed by atoms with E-state index in [9.17, 15) is 4.79 Å². The molecule has 0 bridgehead atoms. The Labute approximate surface area is 106 Å². The molecule has 0 radical (unpaired) electrons. The van der Waals surface area contributed by atoms with Crippen LogP contribution in [0.1, 0.15) is 19.8 Å². The summed E-state index contributed by atoms with van der Waals surface area (Å²) in [6.07, 6.45) is 1.83. The van der Waals surface area contributed by atoms with E-state index >= 15 is 0 Å². The van der Waals surface area contributed by atoms with Gasteiger partial charge in [-0.25, -0.2) is 0 Å². The first kappa shape index (κ1) is 12.6. The lowest BCUT2D eigenvalue weighted by atomic mass is 9.98. The van der Waals surface area contributed by atoms with E-state index < -0.39 is 0 Å². The van der Waals surface area contributed by atoms with Crippen LogP contribution in [0.15, 0.2) is 12.1 Å². The average Bonchev–Trinajstić information content (AvgIpc) is 2.40. The van der Waals surface area contributed by atoms with Crippen LogP contribution in [0.4, 0.5) is 11.6 Å². The fraction of sp³-hybridized carbons (Fsp3) is 0.583. The first-order valence-corrected chi connectivity index (χ1v) is 6.21. The summed E-state index contributed by atoms with van der Waals surface area (Å²) in [6, 6.07) is 3.55. The molecule has 2 rings (SSSR count). The van der Waals surface area contributed by atoms with Gasteiger partial charge in [0.05, 0.1) is 12.5 Å². The second-order valence-corrected chi connectivity index (χ2v) is 4.35. The summed E-state index contributed by atoms with van der Waals surface area (Å²) in [4.78, 5) is 13.8. The standard InChI is InChI=1S/C12H18N4O2/c1-2-18-12(17)9-4-3-7-16(8-9)11-6-5-10(13)14-15-11/h5-6,9H,2-4,7-8H2,1H3,(H2,13,14). The number of nitrogens with two attached hydrogens (primary N) is 1. The maximum absolute atomic E-state index is 11.7.